The molecule has 0 radical (unpaired) electrons. The molecule has 5 aliphatic rings. The highest BCUT2D eigenvalue weighted by Crippen LogP contribution is 2.69. The summed E-state index contributed by atoms with van der Waals surface area (Å²) < 4.78 is 0. The summed E-state index contributed by atoms with van der Waals surface area (Å²) in [7, 11) is 0. The summed E-state index contributed by atoms with van der Waals surface area (Å²) in [6.07, 6.45) is 7.26. The molecule has 4 aliphatic carbocycles. The van der Waals surface area contributed by atoms with E-state index in [1.165, 1.54) is 0 Å². The second kappa shape index (κ2) is 7.71. The van der Waals surface area contributed by atoms with Gasteiger partial charge in [0.05, 0.1) is 24.4 Å². The number of hydrogen-bond donors (Lipinski definition) is 3. The van der Waals surface area contributed by atoms with Crippen LogP contribution in [0.1, 0.15) is 78.6 Å². The van der Waals surface area contributed by atoms with Crippen molar-refractivity contribution in [2.75, 3.05) is 19.6 Å². The molecule has 1 heterocycles. The molecular formula is C27H41NO5. The molecule has 0 aromatic carbocycles. The van der Waals surface area contributed by atoms with E-state index >= 15 is 0 Å². The monoisotopic (exact) mass is 459 g/mol. The van der Waals surface area contributed by atoms with Crippen molar-refractivity contribution in [3.05, 3.63) is 11.6 Å². The minimum absolute atomic E-state index is 0.0364. The Hall–Kier alpha value is -1.08. The lowest BCUT2D eigenvalue weighted by Crippen LogP contribution is -2.62. The van der Waals surface area contributed by atoms with Crippen molar-refractivity contribution >= 4 is 11.6 Å². The number of hydrogen-bond acceptors (Lipinski definition) is 6. The first-order chi connectivity index (χ1) is 15.4. The Morgan fingerprint density at radius 3 is 2.33 bits per heavy atom. The maximum Gasteiger partial charge on any atom is 0.162 e. The molecule has 33 heavy (non-hydrogen) atoms. The Bertz CT molecular complexity index is 878. The Balaban J connectivity index is 1.43. The van der Waals surface area contributed by atoms with E-state index < -0.39 is 22.5 Å². The Kier molecular flexibility index (Phi) is 5.53. The topological polar surface area (TPSA) is 98.1 Å². The van der Waals surface area contributed by atoms with Gasteiger partial charge in [-0.1, -0.05) is 20.8 Å². The number of allylic oxidation sites excluding steroid dienone is 1. The van der Waals surface area contributed by atoms with Gasteiger partial charge in [0.15, 0.2) is 11.6 Å². The van der Waals surface area contributed by atoms with Crippen molar-refractivity contribution in [2.45, 2.75) is 96.4 Å². The lowest BCUT2D eigenvalue weighted by Gasteiger charge is -2.62. The Morgan fingerprint density at radius 2 is 1.64 bits per heavy atom. The molecule has 1 saturated heterocycles. The SMILES string of the molecule is CC12CC(O)CCC1(C)C1CCC3(C)C(C(=O)CN4CCC(O)CC4)CC[C@@]3(O)C1=CC2=O. The van der Waals surface area contributed by atoms with E-state index in [9.17, 15) is 24.9 Å². The van der Waals surface area contributed by atoms with Crippen LogP contribution in [-0.2, 0) is 9.59 Å². The van der Waals surface area contributed by atoms with E-state index in [0.717, 1.165) is 37.9 Å². The molecule has 6 heteroatoms. The Labute approximate surface area is 197 Å². The summed E-state index contributed by atoms with van der Waals surface area (Å²) in [6.45, 7) is 8.15. The molecule has 5 rings (SSSR count). The summed E-state index contributed by atoms with van der Waals surface area (Å²) in [6, 6.07) is 0. The second-order valence-corrected chi connectivity index (χ2v) is 12.5. The molecule has 6 nitrogen and oxygen atoms in total. The van der Waals surface area contributed by atoms with Crippen LogP contribution in [0.3, 0.4) is 0 Å². The van der Waals surface area contributed by atoms with Crippen molar-refractivity contribution < 1.29 is 24.9 Å². The maximum atomic E-state index is 13.5. The van der Waals surface area contributed by atoms with Gasteiger partial charge < -0.3 is 15.3 Å². The molecule has 6 unspecified atom stereocenters. The van der Waals surface area contributed by atoms with Gasteiger partial charge in [0, 0.05) is 29.8 Å². The zero-order valence-corrected chi connectivity index (χ0v) is 20.5. The molecule has 0 aromatic heterocycles. The minimum Gasteiger partial charge on any atom is -0.393 e. The van der Waals surface area contributed by atoms with Gasteiger partial charge in [-0.05, 0) is 80.8 Å². The molecule has 1 aliphatic heterocycles. The maximum absolute atomic E-state index is 13.5. The zero-order valence-electron chi connectivity index (χ0n) is 20.5. The van der Waals surface area contributed by atoms with Crippen molar-refractivity contribution in [1.29, 1.82) is 0 Å². The lowest BCUT2D eigenvalue weighted by molar-refractivity contribution is -0.159. The Morgan fingerprint density at radius 1 is 0.970 bits per heavy atom. The number of aliphatic hydroxyl groups excluding tert-OH is 2. The fraction of sp³-hybridized carbons (Fsp3) is 0.852. The molecule has 184 valence electrons. The predicted octanol–water partition coefficient (Wildman–Crippen LogP) is 2.64. The fourth-order valence-corrected chi connectivity index (χ4v) is 8.58. The summed E-state index contributed by atoms with van der Waals surface area (Å²) in [5.74, 6) is 0.140. The summed E-state index contributed by atoms with van der Waals surface area (Å²) in [4.78, 5) is 29.1. The average molecular weight is 460 g/mol. The van der Waals surface area contributed by atoms with Crippen LogP contribution in [0.4, 0.5) is 0 Å². The van der Waals surface area contributed by atoms with Gasteiger partial charge in [0.2, 0.25) is 0 Å². The largest absolute Gasteiger partial charge is 0.393 e. The highest BCUT2D eigenvalue weighted by Gasteiger charge is 2.69. The smallest absolute Gasteiger partial charge is 0.162 e. The van der Waals surface area contributed by atoms with Gasteiger partial charge in [-0.2, -0.15) is 0 Å². The van der Waals surface area contributed by atoms with Crippen LogP contribution in [0.15, 0.2) is 11.6 Å². The lowest BCUT2D eigenvalue weighted by atomic mass is 9.42. The van der Waals surface area contributed by atoms with Crippen LogP contribution in [0.25, 0.3) is 0 Å². The molecule has 7 atom stereocenters. The third-order valence-electron chi connectivity index (χ3n) is 11.1. The fourth-order valence-electron chi connectivity index (χ4n) is 8.58. The molecule has 3 N–H and O–H groups in total. The predicted molar refractivity (Wildman–Crippen MR) is 124 cm³/mol. The van der Waals surface area contributed by atoms with Gasteiger partial charge in [0.25, 0.3) is 0 Å². The van der Waals surface area contributed by atoms with E-state index in [1.807, 2.05) is 6.92 Å². The highest BCUT2D eigenvalue weighted by atomic mass is 16.3. The van der Waals surface area contributed by atoms with E-state index in [0.29, 0.717) is 45.1 Å². The van der Waals surface area contributed by atoms with E-state index in [2.05, 4.69) is 18.7 Å². The molecule has 4 fully saturated rings. The first kappa shape index (κ1) is 23.7. The van der Waals surface area contributed by atoms with Crippen molar-refractivity contribution in [3.8, 4) is 0 Å². The van der Waals surface area contributed by atoms with Crippen LogP contribution in [0, 0.1) is 28.1 Å². The van der Waals surface area contributed by atoms with E-state index in [-0.39, 0.29) is 34.9 Å². The van der Waals surface area contributed by atoms with E-state index in [4.69, 9.17) is 0 Å². The molecule has 0 bridgehead atoms. The summed E-state index contributed by atoms with van der Waals surface area (Å²) in [5, 5.41) is 32.3. The summed E-state index contributed by atoms with van der Waals surface area (Å²) in [5.41, 5.74) is -1.68. The number of piperidine rings is 1. The minimum atomic E-state index is -1.12. The van der Waals surface area contributed by atoms with Crippen molar-refractivity contribution in [1.82, 2.24) is 4.90 Å². The first-order valence-electron chi connectivity index (χ1n) is 13.0. The summed E-state index contributed by atoms with van der Waals surface area (Å²) >= 11 is 0. The number of rotatable bonds is 3. The number of aliphatic hydroxyl groups is 3. The molecule has 0 amide bonds. The van der Waals surface area contributed by atoms with Crippen molar-refractivity contribution in [2.24, 2.45) is 28.1 Å². The van der Waals surface area contributed by atoms with Gasteiger partial charge >= 0.3 is 0 Å². The number of Topliss-reactive ketones (excluding diaryl/α,β-unsaturated/α-hetero) is 1. The first-order valence-corrected chi connectivity index (χ1v) is 13.0. The third kappa shape index (κ3) is 3.20. The van der Waals surface area contributed by atoms with Gasteiger partial charge in [-0.3, -0.25) is 14.5 Å². The van der Waals surface area contributed by atoms with Crippen molar-refractivity contribution in [3.63, 3.8) is 0 Å². The molecule has 0 aromatic rings. The van der Waals surface area contributed by atoms with Crippen LogP contribution < -0.4 is 0 Å². The number of ketones is 2. The van der Waals surface area contributed by atoms with Gasteiger partial charge in [0.1, 0.15) is 0 Å². The normalized spacial score (nSPS) is 48.6. The molecule has 0 spiro atoms. The number of carbonyl (C=O) groups is 2. The number of nitrogens with zero attached hydrogens (tertiary/aromatic N) is 1. The number of carbonyl (C=O) groups excluding carboxylic acids is 2. The highest BCUT2D eigenvalue weighted by molar-refractivity contribution is 5.98. The van der Waals surface area contributed by atoms with Crippen LogP contribution in [0.5, 0.6) is 0 Å². The average Bonchev–Trinajstić information content (AvgIpc) is 3.04. The van der Waals surface area contributed by atoms with Gasteiger partial charge in [-0.15, -0.1) is 0 Å². The van der Waals surface area contributed by atoms with Gasteiger partial charge in [-0.25, -0.2) is 0 Å². The second-order valence-electron chi connectivity index (χ2n) is 12.5. The van der Waals surface area contributed by atoms with E-state index in [1.54, 1.807) is 6.08 Å². The number of fused-ring (bicyclic) bond motifs is 5. The van der Waals surface area contributed by atoms with Crippen LogP contribution in [0.2, 0.25) is 0 Å². The molecular weight excluding hydrogens is 418 g/mol. The van der Waals surface area contributed by atoms with Crippen LogP contribution >= 0.6 is 0 Å². The quantitative estimate of drug-likeness (QED) is 0.600. The number of likely N-dealkylation sites (tertiary alicyclic amines) is 1. The molecule has 3 saturated carbocycles. The standard InChI is InChI=1S/C27H41NO5/c1-24-9-4-18(30)15-26(24,3)23(32)14-21-19(24)5-10-25(2)20(6-11-27(21,25)33)22(31)16-28-12-7-17(29)8-13-28/h14,17-20,29-30,33H,4-13,15-16H2,1-3H3/t18?,19?,20?,24?,25?,26?,27-/m1/s1. The third-order valence-corrected chi connectivity index (χ3v) is 11.1. The zero-order chi connectivity index (χ0) is 23.8. The van der Waals surface area contributed by atoms with Crippen LogP contribution in [-0.4, -0.2) is 69.2 Å².